The monoisotopic (exact) mass is 423 g/mol. The van der Waals surface area contributed by atoms with E-state index in [0.717, 1.165) is 36.7 Å². The van der Waals surface area contributed by atoms with Gasteiger partial charge in [-0.25, -0.2) is 4.98 Å². The zero-order valence-corrected chi connectivity index (χ0v) is 17.9. The van der Waals surface area contributed by atoms with Gasteiger partial charge in [-0.05, 0) is 43.7 Å². The van der Waals surface area contributed by atoms with E-state index in [9.17, 15) is 14.9 Å². The van der Waals surface area contributed by atoms with Gasteiger partial charge in [0.05, 0.1) is 23.4 Å². The number of benzene rings is 1. The summed E-state index contributed by atoms with van der Waals surface area (Å²) in [6, 6.07) is 8.47. The lowest BCUT2D eigenvalue weighted by molar-refractivity contribution is -0.385. The lowest BCUT2D eigenvalue weighted by Gasteiger charge is -2.34. The number of methoxy groups -OCH3 is 1. The Kier molecular flexibility index (Phi) is 5.60. The molecule has 1 saturated heterocycles. The second-order valence-corrected chi connectivity index (χ2v) is 7.79. The minimum atomic E-state index is -0.534. The quantitative estimate of drug-likeness (QED) is 0.463. The summed E-state index contributed by atoms with van der Waals surface area (Å²) in [7, 11) is 1.37. The number of amides is 1. The number of rotatable bonds is 5. The van der Waals surface area contributed by atoms with Crippen LogP contribution in [-0.2, 0) is 6.54 Å². The Balaban J connectivity index is 1.43. The number of aromatic nitrogens is 2. The van der Waals surface area contributed by atoms with Crippen LogP contribution in [0.3, 0.4) is 0 Å². The molecular weight excluding hydrogens is 398 g/mol. The molecular formula is C22H25N5O4. The van der Waals surface area contributed by atoms with E-state index in [0.29, 0.717) is 18.7 Å². The Morgan fingerprint density at radius 3 is 2.58 bits per heavy atom. The standard InChI is InChI=1S/C22H25N5O4/c1-15-6-7-26-19(16(2)23-21(26)12-15)14-24-8-10-25(11-9-24)22(28)17-4-5-20(31-3)18(13-17)27(29)30/h4-7,12-13H,8-11,14H2,1-3H3. The summed E-state index contributed by atoms with van der Waals surface area (Å²) in [6.07, 6.45) is 2.05. The third kappa shape index (κ3) is 4.09. The number of fused-ring (bicyclic) bond motifs is 1. The maximum absolute atomic E-state index is 12.9. The van der Waals surface area contributed by atoms with Crippen molar-refractivity contribution in [3.63, 3.8) is 0 Å². The largest absolute Gasteiger partial charge is 0.490 e. The van der Waals surface area contributed by atoms with Gasteiger partial charge in [0, 0.05) is 50.6 Å². The van der Waals surface area contributed by atoms with Crippen molar-refractivity contribution in [1.82, 2.24) is 19.2 Å². The van der Waals surface area contributed by atoms with E-state index in [-0.39, 0.29) is 17.3 Å². The van der Waals surface area contributed by atoms with Crippen molar-refractivity contribution >= 4 is 17.2 Å². The summed E-state index contributed by atoms with van der Waals surface area (Å²) >= 11 is 0. The topological polar surface area (TPSA) is 93.2 Å². The van der Waals surface area contributed by atoms with E-state index in [2.05, 4.69) is 39.5 Å². The number of nitrogens with zero attached hydrogens (tertiary/aromatic N) is 5. The number of hydrogen-bond acceptors (Lipinski definition) is 6. The molecule has 1 aliphatic heterocycles. The highest BCUT2D eigenvalue weighted by molar-refractivity contribution is 5.95. The Hall–Kier alpha value is -3.46. The molecule has 1 aliphatic rings. The van der Waals surface area contributed by atoms with Crippen LogP contribution in [0.2, 0.25) is 0 Å². The first-order valence-corrected chi connectivity index (χ1v) is 10.2. The molecule has 9 nitrogen and oxygen atoms in total. The smallest absolute Gasteiger partial charge is 0.311 e. The molecule has 0 unspecified atom stereocenters. The SMILES string of the molecule is COc1ccc(C(=O)N2CCN(Cc3c(C)nc4cc(C)ccn34)CC2)cc1[N+](=O)[O-]. The number of imidazole rings is 1. The maximum Gasteiger partial charge on any atom is 0.311 e. The zero-order chi connectivity index (χ0) is 22.1. The highest BCUT2D eigenvalue weighted by atomic mass is 16.6. The molecule has 31 heavy (non-hydrogen) atoms. The van der Waals surface area contributed by atoms with Crippen molar-refractivity contribution in [1.29, 1.82) is 0 Å². The minimum absolute atomic E-state index is 0.143. The van der Waals surface area contributed by atoms with E-state index < -0.39 is 4.92 Å². The predicted octanol–water partition coefficient (Wildman–Crippen LogP) is 2.83. The highest BCUT2D eigenvalue weighted by Crippen LogP contribution is 2.28. The molecule has 3 aromatic rings. The van der Waals surface area contributed by atoms with Gasteiger partial charge in [-0.3, -0.25) is 19.8 Å². The number of pyridine rings is 1. The molecule has 0 spiro atoms. The Morgan fingerprint density at radius 2 is 1.90 bits per heavy atom. The maximum atomic E-state index is 12.9. The average Bonchev–Trinajstić information content (AvgIpc) is 3.07. The summed E-state index contributed by atoms with van der Waals surface area (Å²) in [5.74, 6) is -0.0585. The summed E-state index contributed by atoms with van der Waals surface area (Å²) < 4.78 is 7.14. The summed E-state index contributed by atoms with van der Waals surface area (Å²) in [6.45, 7) is 7.41. The van der Waals surface area contributed by atoms with Crippen LogP contribution in [0.15, 0.2) is 36.5 Å². The first kappa shape index (κ1) is 20.8. The molecule has 9 heteroatoms. The number of hydrogen-bond donors (Lipinski definition) is 0. The van der Waals surface area contributed by atoms with Gasteiger partial charge in [0.2, 0.25) is 0 Å². The van der Waals surface area contributed by atoms with Crippen LogP contribution in [0.25, 0.3) is 5.65 Å². The van der Waals surface area contributed by atoms with Crippen LogP contribution in [0.1, 0.15) is 27.3 Å². The molecule has 162 valence electrons. The lowest BCUT2D eigenvalue weighted by atomic mass is 10.1. The van der Waals surface area contributed by atoms with E-state index in [1.165, 1.54) is 24.8 Å². The van der Waals surface area contributed by atoms with Crippen LogP contribution >= 0.6 is 0 Å². The van der Waals surface area contributed by atoms with E-state index >= 15 is 0 Å². The zero-order valence-electron chi connectivity index (χ0n) is 17.9. The fourth-order valence-corrected chi connectivity index (χ4v) is 3.97. The third-order valence-corrected chi connectivity index (χ3v) is 5.74. The van der Waals surface area contributed by atoms with Crippen molar-refractivity contribution < 1.29 is 14.5 Å². The lowest BCUT2D eigenvalue weighted by Crippen LogP contribution is -2.48. The number of carbonyl (C=O) groups excluding carboxylic acids is 1. The molecule has 1 amide bonds. The van der Waals surface area contributed by atoms with Crippen molar-refractivity contribution in [3.05, 3.63) is 69.2 Å². The number of carbonyl (C=O) groups is 1. The van der Waals surface area contributed by atoms with Gasteiger partial charge < -0.3 is 14.0 Å². The Bertz CT molecular complexity index is 1150. The molecule has 0 aliphatic carbocycles. The number of nitro groups is 1. The van der Waals surface area contributed by atoms with Crippen molar-refractivity contribution in [2.24, 2.45) is 0 Å². The molecule has 2 aromatic heterocycles. The molecule has 0 atom stereocenters. The average molecular weight is 423 g/mol. The first-order chi connectivity index (χ1) is 14.9. The van der Waals surface area contributed by atoms with Gasteiger partial charge in [-0.2, -0.15) is 0 Å². The normalized spacial score (nSPS) is 14.7. The van der Waals surface area contributed by atoms with Crippen LogP contribution in [0.5, 0.6) is 5.75 Å². The van der Waals surface area contributed by atoms with E-state index in [1.807, 2.05) is 6.92 Å². The first-order valence-electron chi connectivity index (χ1n) is 10.2. The van der Waals surface area contributed by atoms with Gasteiger partial charge in [0.1, 0.15) is 5.65 Å². The Morgan fingerprint density at radius 1 is 1.16 bits per heavy atom. The number of aryl methyl sites for hydroxylation is 2. The second-order valence-electron chi connectivity index (χ2n) is 7.79. The predicted molar refractivity (Wildman–Crippen MR) is 115 cm³/mol. The van der Waals surface area contributed by atoms with E-state index in [1.54, 1.807) is 11.0 Å². The van der Waals surface area contributed by atoms with Gasteiger partial charge in [-0.15, -0.1) is 0 Å². The Labute approximate surface area is 180 Å². The fourth-order valence-electron chi connectivity index (χ4n) is 3.97. The van der Waals surface area contributed by atoms with Crippen molar-refractivity contribution in [2.75, 3.05) is 33.3 Å². The van der Waals surface area contributed by atoms with Crippen molar-refractivity contribution in [2.45, 2.75) is 20.4 Å². The molecule has 0 bridgehead atoms. The van der Waals surface area contributed by atoms with Crippen LogP contribution < -0.4 is 4.74 Å². The summed E-state index contributed by atoms with van der Waals surface area (Å²) in [4.78, 5) is 32.3. The third-order valence-electron chi connectivity index (χ3n) is 5.74. The molecule has 0 radical (unpaired) electrons. The van der Waals surface area contributed by atoms with Crippen LogP contribution in [0, 0.1) is 24.0 Å². The highest BCUT2D eigenvalue weighted by Gasteiger charge is 2.25. The number of piperazine rings is 1. The van der Waals surface area contributed by atoms with Crippen LogP contribution in [-0.4, -0.2) is 63.3 Å². The number of ether oxygens (including phenoxy) is 1. The van der Waals surface area contributed by atoms with E-state index in [4.69, 9.17) is 4.74 Å². The number of nitro benzene ring substituents is 1. The molecule has 4 rings (SSSR count). The van der Waals surface area contributed by atoms with Gasteiger partial charge in [0.15, 0.2) is 5.75 Å². The summed E-state index contributed by atoms with van der Waals surface area (Å²) in [5.41, 5.74) is 4.38. The van der Waals surface area contributed by atoms with Crippen molar-refractivity contribution in [3.8, 4) is 5.75 Å². The molecule has 3 heterocycles. The molecule has 1 aromatic carbocycles. The summed E-state index contributed by atoms with van der Waals surface area (Å²) in [5, 5.41) is 11.3. The molecule has 1 fully saturated rings. The van der Waals surface area contributed by atoms with Gasteiger partial charge in [-0.1, -0.05) is 0 Å². The van der Waals surface area contributed by atoms with Gasteiger partial charge in [0.25, 0.3) is 5.91 Å². The van der Waals surface area contributed by atoms with Crippen LogP contribution in [0.4, 0.5) is 5.69 Å². The molecule has 0 N–H and O–H groups in total. The fraction of sp³-hybridized carbons (Fsp3) is 0.364. The second kappa shape index (κ2) is 8.35. The van der Waals surface area contributed by atoms with Gasteiger partial charge >= 0.3 is 5.69 Å². The minimum Gasteiger partial charge on any atom is -0.490 e. The molecule has 0 saturated carbocycles.